The molecule has 18 heavy (non-hydrogen) atoms. The molecule has 0 aliphatic carbocycles. The zero-order chi connectivity index (χ0) is 13.1. The second-order valence-electron chi connectivity index (χ2n) is 4.05. The molecular formula is C12H14N2O4. The van der Waals surface area contributed by atoms with Gasteiger partial charge in [0, 0.05) is 24.4 Å². The zero-order valence-corrected chi connectivity index (χ0v) is 10.1. The second-order valence-corrected chi connectivity index (χ2v) is 4.05. The summed E-state index contributed by atoms with van der Waals surface area (Å²) < 4.78 is 4.88. The minimum Gasteiger partial charge on any atom is -0.465 e. The van der Waals surface area contributed by atoms with Crippen molar-refractivity contribution in [2.24, 2.45) is 0 Å². The standard InChI is InChI=1S/C12H14N2O4/c1-2-18-12(15)8-13-6-5-9-3-4-10(14(16)17)7-11(9)13/h3-4,7H,2,5-6,8H2,1H3. The molecule has 0 atom stereocenters. The Labute approximate surface area is 104 Å². The highest BCUT2D eigenvalue weighted by molar-refractivity contribution is 5.77. The number of nitro benzene ring substituents is 1. The molecule has 96 valence electrons. The van der Waals surface area contributed by atoms with Gasteiger partial charge in [-0.25, -0.2) is 0 Å². The van der Waals surface area contributed by atoms with Crippen LogP contribution in [-0.2, 0) is 16.0 Å². The Morgan fingerprint density at radius 2 is 2.33 bits per heavy atom. The van der Waals surface area contributed by atoms with Crippen LogP contribution in [0.2, 0.25) is 0 Å². The summed E-state index contributed by atoms with van der Waals surface area (Å²) in [6, 6.07) is 4.76. The Morgan fingerprint density at radius 1 is 1.56 bits per heavy atom. The lowest BCUT2D eigenvalue weighted by molar-refractivity contribution is -0.384. The maximum Gasteiger partial charge on any atom is 0.325 e. The fraction of sp³-hybridized carbons (Fsp3) is 0.417. The van der Waals surface area contributed by atoms with E-state index in [1.807, 2.05) is 4.90 Å². The largest absolute Gasteiger partial charge is 0.465 e. The summed E-state index contributed by atoms with van der Waals surface area (Å²) in [4.78, 5) is 23.5. The summed E-state index contributed by atoms with van der Waals surface area (Å²) in [6.45, 7) is 2.92. The van der Waals surface area contributed by atoms with Crippen LogP contribution in [0.1, 0.15) is 12.5 Å². The number of ether oxygens (including phenoxy) is 1. The van der Waals surface area contributed by atoms with Crippen LogP contribution in [0.4, 0.5) is 11.4 Å². The molecule has 1 aromatic carbocycles. The number of benzene rings is 1. The summed E-state index contributed by atoms with van der Waals surface area (Å²) in [6.07, 6.45) is 0.798. The molecule has 0 bridgehead atoms. The number of hydrogen-bond acceptors (Lipinski definition) is 5. The number of carbonyl (C=O) groups excluding carboxylic acids is 1. The molecule has 0 fully saturated rings. The van der Waals surface area contributed by atoms with Crippen molar-refractivity contribution in [3.63, 3.8) is 0 Å². The van der Waals surface area contributed by atoms with Crippen LogP contribution >= 0.6 is 0 Å². The molecule has 0 saturated heterocycles. The van der Waals surface area contributed by atoms with Crippen molar-refractivity contribution in [1.82, 2.24) is 0 Å². The number of anilines is 1. The normalized spacial score (nSPS) is 13.3. The molecule has 0 aromatic heterocycles. The van der Waals surface area contributed by atoms with E-state index in [1.54, 1.807) is 13.0 Å². The Balaban J connectivity index is 2.18. The first-order valence-corrected chi connectivity index (χ1v) is 5.79. The van der Waals surface area contributed by atoms with E-state index in [0.717, 1.165) is 17.7 Å². The van der Waals surface area contributed by atoms with E-state index >= 15 is 0 Å². The molecule has 6 nitrogen and oxygen atoms in total. The molecule has 2 rings (SSSR count). The van der Waals surface area contributed by atoms with Crippen LogP contribution < -0.4 is 4.90 Å². The molecule has 0 amide bonds. The highest BCUT2D eigenvalue weighted by Crippen LogP contribution is 2.31. The van der Waals surface area contributed by atoms with E-state index in [4.69, 9.17) is 4.74 Å². The van der Waals surface area contributed by atoms with Gasteiger partial charge in [-0.1, -0.05) is 6.07 Å². The molecule has 1 aromatic rings. The monoisotopic (exact) mass is 250 g/mol. The Bertz CT molecular complexity index is 487. The topological polar surface area (TPSA) is 72.7 Å². The predicted molar refractivity (Wildman–Crippen MR) is 65.6 cm³/mol. The molecule has 0 N–H and O–H groups in total. The van der Waals surface area contributed by atoms with Crippen LogP contribution in [0.15, 0.2) is 18.2 Å². The maximum atomic E-state index is 11.4. The van der Waals surface area contributed by atoms with Crippen molar-refractivity contribution in [2.75, 3.05) is 24.6 Å². The van der Waals surface area contributed by atoms with Crippen molar-refractivity contribution in [1.29, 1.82) is 0 Å². The third-order valence-electron chi connectivity index (χ3n) is 2.90. The van der Waals surface area contributed by atoms with Gasteiger partial charge in [-0.05, 0) is 18.9 Å². The zero-order valence-electron chi connectivity index (χ0n) is 10.1. The van der Waals surface area contributed by atoms with E-state index < -0.39 is 4.92 Å². The first kappa shape index (κ1) is 12.3. The summed E-state index contributed by atoms with van der Waals surface area (Å²) in [5.41, 5.74) is 1.84. The highest BCUT2D eigenvalue weighted by Gasteiger charge is 2.23. The third kappa shape index (κ3) is 2.42. The van der Waals surface area contributed by atoms with Crippen molar-refractivity contribution in [2.45, 2.75) is 13.3 Å². The van der Waals surface area contributed by atoms with Crippen molar-refractivity contribution < 1.29 is 14.5 Å². The summed E-state index contributed by atoms with van der Waals surface area (Å²) in [5, 5.41) is 10.7. The van der Waals surface area contributed by atoms with Gasteiger partial charge in [-0.2, -0.15) is 0 Å². The Morgan fingerprint density at radius 3 is 3.00 bits per heavy atom. The van der Waals surface area contributed by atoms with Gasteiger partial charge in [0.2, 0.25) is 0 Å². The molecule has 0 spiro atoms. The fourth-order valence-electron chi connectivity index (χ4n) is 2.07. The van der Waals surface area contributed by atoms with Gasteiger partial charge in [0.1, 0.15) is 6.54 Å². The average Bonchev–Trinajstić information content (AvgIpc) is 2.72. The van der Waals surface area contributed by atoms with Gasteiger partial charge in [-0.3, -0.25) is 14.9 Å². The minimum atomic E-state index is -0.429. The number of nitro groups is 1. The van der Waals surface area contributed by atoms with Crippen LogP contribution in [0.25, 0.3) is 0 Å². The van der Waals surface area contributed by atoms with Crippen molar-refractivity contribution in [3.8, 4) is 0 Å². The predicted octanol–water partition coefficient (Wildman–Crippen LogP) is 1.52. The quantitative estimate of drug-likeness (QED) is 0.460. The van der Waals surface area contributed by atoms with E-state index in [2.05, 4.69) is 0 Å². The molecular weight excluding hydrogens is 236 g/mol. The van der Waals surface area contributed by atoms with E-state index in [9.17, 15) is 14.9 Å². The van der Waals surface area contributed by atoms with E-state index in [-0.39, 0.29) is 18.2 Å². The molecule has 0 unspecified atom stereocenters. The Kier molecular flexibility index (Phi) is 3.45. The molecule has 6 heteroatoms. The molecule has 0 radical (unpaired) electrons. The minimum absolute atomic E-state index is 0.0458. The van der Waals surface area contributed by atoms with Crippen molar-refractivity contribution >= 4 is 17.3 Å². The highest BCUT2D eigenvalue weighted by atomic mass is 16.6. The molecule has 1 aliphatic heterocycles. The summed E-state index contributed by atoms with van der Waals surface area (Å²) in [7, 11) is 0. The van der Waals surface area contributed by atoms with Gasteiger partial charge in [-0.15, -0.1) is 0 Å². The SMILES string of the molecule is CCOC(=O)CN1CCc2ccc([N+](=O)[O-])cc21. The van der Waals surface area contributed by atoms with E-state index in [0.29, 0.717) is 13.2 Å². The van der Waals surface area contributed by atoms with Gasteiger partial charge < -0.3 is 9.64 Å². The maximum absolute atomic E-state index is 11.4. The fourth-order valence-corrected chi connectivity index (χ4v) is 2.07. The smallest absolute Gasteiger partial charge is 0.325 e. The summed E-state index contributed by atoms with van der Waals surface area (Å²) >= 11 is 0. The number of esters is 1. The lowest BCUT2D eigenvalue weighted by Gasteiger charge is -2.17. The van der Waals surface area contributed by atoms with Crippen LogP contribution in [0.5, 0.6) is 0 Å². The lowest BCUT2D eigenvalue weighted by Crippen LogP contribution is -2.29. The summed E-state index contributed by atoms with van der Waals surface area (Å²) in [5.74, 6) is -0.308. The van der Waals surface area contributed by atoms with E-state index in [1.165, 1.54) is 12.1 Å². The Hall–Kier alpha value is -2.11. The van der Waals surface area contributed by atoms with Crippen LogP contribution in [-0.4, -0.2) is 30.6 Å². The number of non-ortho nitro benzene ring substituents is 1. The number of rotatable bonds is 4. The van der Waals surface area contributed by atoms with Crippen molar-refractivity contribution in [3.05, 3.63) is 33.9 Å². The molecule has 1 aliphatic rings. The van der Waals surface area contributed by atoms with Gasteiger partial charge in [0.15, 0.2) is 0 Å². The van der Waals surface area contributed by atoms with Gasteiger partial charge in [0.05, 0.1) is 11.5 Å². The first-order chi connectivity index (χ1) is 8.61. The van der Waals surface area contributed by atoms with Crippen LogP contribution in [0.3, 0.4) is 0 Å². The number of nitrogens with zero attached hydrogens (tertiary/aromatic N) is 2. The van der Waals surface area contributed by atoms with Gasteiger partial charge in [0.25, 0.3) is 5.69 Å². The van der Waals surface area contributed by atoms with Gasteiger partial charge >= 0.3 is 5.97 Å². The molecule has 0 saturated carbocycles. The third-order valence-corrected chi connectivity index (χ3v) is 2.90. The number of fused-ring (bicyclic) bond motifs is 1. The average molecular weight is 250 g/mol. The van der Waals surface area contributed by atoms with Crippen LogP contribution in [0, 0.1) is 10.1 Å². The number of hydrogen-bond donors (Lipinski definition) is 0. The number of carbonyl (C=O) groups is 1. The second kappa shape index (κ2) is 5.03. The lowest BCUT2D eigenvalue weighted by atomic mass is 10.1. The molecule has 1 heterocycles. The first-order valence-electron chi connectivity index (χ1n) is 5.79.